The Hall–Kier alpha value is -0.900. The third kappa shape index (κ3) is 1.80. The van der Waals surface area contributed by atoms with E-state index in [0.29, 0.717) is 12.8 Å². The quantitative estimate of drug-likeness (QED) is 0.690. The molecular formula is C10H16O4. The molecule has 1 heterocycles. The molecule has 4 unspecified atom stereocenters. The Kier molecular flexibility index (Phi) is 3.63. The summed E-state index contributed by atoms with van der Waals surface area (Å²) in [6, 6.07) is 0. The average Bonchev–Trinajstić information content (AvgIpc) is 2.54. The average molecular weight is 200 g/mol. The zero-order valence-corrected chi connectivity index (χ0v) is 8.47. The highest BCUT2D eigenvalue weighted by Crippen LogP contribution is 2.34. The van der Waals surface area contributed by atoms with E-state index in [9.17, 15) is 9.59 Å². The highest BCUT2D eigenvalue weighted by molar-refractivity contribution is 5.76. The molecule has 4 heteroatoms. The SMILES string of the molecule is CCC1OC(CC)C(C(=O)O)C1C=O. The van der Waals surface area contributed by atoms with Crippen LogP contribution in [0, 0.1) is 11.8 Å². The van der Waals surface area contributed by atoms with Crippen LogP contribution in [0.4, 0.5) is 0 Å². The first-order valence-corrected chi connectivity index (χ1v) is 4.99. The summed E-state index contributed by atoms with van der Waals surface area (Å²) in [5.41, 5.74) is 0. The molecule has 0 saturated carbocycles. The molecule has 0 radical (unpaired) electrons. The predicted molar refractivity (Wildman–Crippen MR) is 49.9 cm³/mol. The fourth-order valence-electron chi connectivity index (χ4n) is 2.09. The number of aldehydes is 1. The van der Waals surface area contributed by atoms with Crippen molar-refractivity contribution in [2.24, 2.45) is 11.8 Å². The normalized spacial score (nSPS) is 37.0. The summed E-state index contributed by atoms with van der Waals surface area (Å²) in [4.78, 5) is 21.8. The van der Waals surface area contributed by atoms with E-state index in [0.717, 1.165) is 6.29 Å². The van der Waals surface area contributed by atoms with Crippen LogP contribution in [0.5, 0.6) is 0 Å². The molecule has 0 spiro atoms. The largest absolute Gasteiger partial charge is 0.481 e. The van der Waals surface area contributed by atoms with Gasteiger partial charge in [0.25, 0.3) is 0 Å². The van der Waals surface area contributed by atoms with E-state index >= 15 is 0 Å². The van der Waals surface area contributed by atoms with Gasteiger partial charge in [0.1, 0.15) is 6.29 Å². The number of carboxylic acids is 1. The third-order valence-corrected chi connectivity index (χ3v) is 2.84. The minimum Gasteiger partial charge on any atom is -0.481 e. The molecule has 0 aromatic heterocycles. The standard InChI is InChI=1S/C10H16O4/c1-3-7-6(5-11)9(10(12)13)8(4-2)14-7/h5-9H,3-4H2,1-2H3,(H,12,13). The molecule has 0 amide bonds. The first-order chi connectivity index (χ1) is 6.65. The van der Waals surface area contributed by atoms with E-state index in [2.05, 4.69) is 0 Å². The van der Waals surface area contributed by atoms with Crippen LogP contribution < -0.4 is 0 Å². The van der Waals surface area contributed by atoms with Gasteiger partial charge in [0, 0.05) is 0 Å². The lowest BCUT2D eigenvalue weighted by molar-refractivity contribution is -0.145. The molecule has 1 fully saturated rings. The number of hydrogen-bond acceptors (Lipinski definition) is 3. The van der Waals surface area contributed by atoms with E-state index in [4.69, 9.17) is 9.84 Å². The Morgan fingerprint density at radius 1 is 1.36 bits per heavy atom. The monoisotopic (exact) mass is 200 g/mol. The summed E-state index contributed by atoms with van der Waals surface area (Å²) in [7, 11) is 0. The minimum absolute atomic E-state index is 0.224. The number of rotatable bonds is 4. The maximum absolute atomic E-state index is 11.0. The van der Waals surface area contributed by atoms with Crippen LogP contribution in [0.2, 0.25) is 0 Å². The van der Waals surface area contributed by atoms with Gasteiger partial charge in [-0.25, -0.2) is 0 Å². The van der Waals surface area contributed by atoms with Gasteiger partial charge in [-0.2, -0.15) is 0 Å². The third-order valence-electron chi connectivity index (χ3n) is 2.84. The fourth-order valence-corrected chi connectivity index (χ4v) is 2.09. The van der Waals surface area contributed by atoms with E-state index in [1.54, 1.807) is 0 Å². The van der Waals surface area contributed by atoms with Crippen LogP contribution in [-0.2, 0) is 14.3 Å². The zero-order valence-electron chi connectivity index (χ0n) is 8.47. The summed E-state index contributed by atoms with van der Waals surface area (Å²) in [5, 5.41) is 8.99. The molecule has 0 aromatic carbocycles. The van der Waals surface area contributed by atoms with Gasteiger partial charge >= 0.3 is 5.97 Å². The topological polar surface area (TPSA) is 63.6 Å². The summed E-state index contributed by atoms with van der Waals surface area (Å²) >= 11 is 0. The van der Waals surface area contributed by atoms with E-state index < -0.39 is 17.8 Å². The molecule has 0 bridgehead atoms. The second-order valence-electron chi connectivity index (χ2n) is 3.61. The molecular weight excluding hydrogens is 184 g/mol. The Labute approximate surface area is 83.2 Å². The molecule has 1 N–H and O–H groups in total. The van der Waals surface area contributed by atoms with Gasteiger partial charge in [-0.3, -0.25) is 4.79 Å². The van der Waals surface area contributed by atoms with Gasteiger partial charge in [-0.15, -0.1) is 0 Å². The van der Waals surface area contributed by atoms with Crippen molar-refractivity contribution in [3.8, 4) is 0 Å². The first kappa shape index (κ1) is 11.2. The van der Waals surface area contributed by atoms with Gasteiger partial charge in [-0.05, 0) is 12.8 Å². The molecule has 4 atom stereocenters. The maximum Gasteiger partial charge on any atom is 0.309 e. The second-order valence-corrected chi connectivity index (χ2v) is 3.61. The summed E-state index contributed by atoms with van der Waals surface area (Å²) in [5.74, 6) is -2.07. The highest BCUT2D eigenvalue weighted by Gasteiger charge is 2.46. The van der Waals surface area contributed by atoms with E-state index in [1.807, 2.05) is 13.8 Å². The molecule has 0 aliphatic carbocycles. The number of carboxylic acid groups (broad SMARTS) is 1. The van der Waals surface area contributed by atoms with Crippen molar-refractivity contribution in [2.75, 3.05) is 0 Å². The van der Waals surface area contributed by atoms with Gasteiger partial charge in [0.15, 0.2) is 0 Å². The first-order valence-electron chi connectivity index (χ1n) is 4.99. The predicted octanol–water partition coefficient (Wildman–Crippen LogP) is 1.09. The smallest absolute Gasteiger partial charge is 0.309 e. The number of ether oxygens (including phenoxy) is 1. The molecule has 1 aliphatic rings. The summed E-state index contributed by atoms with van der Waals surface area (Å²) in [6.45, 7) is 3.78. The van der Waals surface area contributed by atoms with Crippen LogP contribution in [0.25, 0.3) is 0 Å². The number of carbonyl (C=O) groups is 2. The summed E-state index contributed by atoms with van der Waals surface area (Å²) < 4.78 is 5.53. The lowest BCUT2D eigenvalue weighted by Gasteiger charge is -2.13. The molecule has 1 rings (SSSR count). The van der Waals surface area contributed by atoms with Crippen molar-refractivity contribution in [1.82, 2.24) is 0 Å². The van der Waals surface area contributed by atoms with Crippen LogP contribution >= 0.6 is 0 Å². The van der Waals surface area contributed by atoms with Crippen LogP contribution in [0.1, 0.15) is 26.7 Å². The van der Waals surface area contributed by atoms with Crippen molar-refractivity contribution in [3.05, 3.63) is 0 Å². The molecule has 1 aliphatic heterocycles. The Morgan fingerprint density at radius 2 is 1.93 bits per heavy atom. The maximum atomic E-state index is 11.0. The van der Waals surface area contributed by atoms with Crippen molar-refractivity contribution in [3.63, 3.8) is 0 Å². The molecule has 0 aromatic rings. The number of aliphatic carboxylic acids is 1. The zero-order chi connectivity index (χ0) is 10.7. The van der Waals surface area contributed by atoms with Crippen LogP contribution in [0.15, 0.2) is 0 Å². The van der Waals surface area contributed by atoms with Crippen molar-refractivity contribution >= 4 is 12.3 Å². The van der Waals surface area contributed by atoms with Gasteiger partial charge in [-0.1, -0.05) is 13.8 Å². The van der Waals surface area contributed by atoms with Gasteiger partial charge in [0.05, 0.1) is 24.0 Å². The Morgan fingerprint density at radius 3 is 2.29 bits per heavy atom. The molecule has 4 nitrogen and oxygen atoms in total. The molecule has 14 heavy (non-hydrogen) atoms. The molecule has 80 valence electrons. The van der Waals surface area contributed by atoms with Crippen LogP contribution in [-0.4, -0.2) is 29.6 Å². The summed E-state index contributed by atoms with van der Waals surface area (Å²) in [6.07, 6.45) is 1.51. The number of carbonyl (C=O) groups excluding carboxylic acids is 1. The van der Waals surface area contributed by atoms with Crippen molar-refractivity contribution in [1.29, 1.82) is 0 Å². The second kappa shape index (κ2) is 4.55. The van der Waals surface area contributed by atoms with Crippen molar-refractivity contribution in [2.45, 2.75) is 38.9 Å². The van der Waals surface area contributed by atoms with Gasteiger partial charge in [0.2, 0.25) is 0 Å². The van der Waals surface area contributed by atoms with Crippen molar-refractivity contribution < 1.29 is 19.4 Å². The Bertz CT molecular complexity index is 226. The highest BCUT2D eigenvalue weighted by atomic mass is 16.5. The van der Waals surface area contributed by atoms with Gasteiger partial charge < -0.3 is 14.6 Å². The van der Waals surface area contributed by atoms with Crippen LogP contribution in [0.3, 0.4) is 0 Å². The Balaban J connectivity index is 2.85. The van der Waals surface area contributed by atoms with E-state index in [1.165, 1.54) is 0 Å². The minimum atomic E-state index is -0.926. The van der Waals surface area contributed by atoms with E-state index in [-0.39, 0.29) is 12.2 Å². The lowest BCUT2D eigenvalue weighted by Crippen LogP contribution is -2.30. The fraction of sp³-hybridized carbons (Fsp3) is 0.800. The molecule has 1 saturated heterocycles. The number of hydrogen-bond donors (Lipinski definition) is 1. The lowest BCUT2D eigenvalue weighted by atomic mass is 9.86.